The van der Waals surface area contributed by atoms with Crippen molar-refractivity contribution in [1.29, 1.82) is 0 Å². The molecule has 2 atom stereocenters. The van der Waals surface area contributed by atoms with Crippen LogP contribution in [0.15, 0.2) is 0 Å². The molecule has 0 heterocycles. The summed E-state index contributed by atoms with van der Waals surface area (Å²) in [6.45, 7) is 5.24. The van der Waals surface area contributed by atoms with E-state index in [4.69, 9.17) is 14.6 Å². The average molecular weight is 274 g/mol. The van der Waals surface area contributed by atoms with Gasteiger partial charge in [-0.1, -0.05) is 39.0 Å². The predicted octanol–water partition coefficient (Wildman–Crippen LogP) is 2.20. The Morgan fingerprint density at radius 3 is 2.16 bits per heavy atom. The molecular formula is C14H26O5. The summed E-state index contributed by atoms with van der Waals surface area (Å²) in [5, 5.41) is 8.94. The minimum absolute atomic E-state index is 0.349. The Morgan fingerprint density at radius 2 is 1.58 bits per heavy atom. The summed E-state index contributed by atoms with van der Waals surface area (Å²) in [4.78, 5) is 22.5. The first-order valence-electron chi connectivity index (χ1n) is 7.04. The summed E-state index contributed by atoms with van der Waals surface area (Å²) >= 11 is 0. The lowest BCUT2D eigenvalue weighted by Gasteiger charge is -2.13. The molecule has 0 aromatic rings. The van der Waals surface area contributed by atoms with E-state index < -0.39 is 24.1 Å². The number of aliphatic hydroxyl groups is 1. The molecule has 112 valence electrons. The molecule has 1 N–H and O–H groups in total. The largest absolute Gasteiger partial charge is 0.463 e. The van der Waals surface area contributed by atoms with E-state index >= 15 is 0 Å². The van der Waals surface area contributed by atoms with E-state index in [0.29, 0.717) is 6.61 Å². The summed E-state index contributed by atoms with van der Waals surface area (Å²) in [5.41, 5.74) is 0. The van der Waals surface area contributed by atoms with Crippen LogP contribution in [0.2, 0.25) is 0 Å². The molecule has 0 radical (unpaired) electrons. The van der Waals surface area contributed by atoms with Crippen LogP contribution < -0.4 is 0 Å². The van der Waals surface area contributed by atoms with E-state index in [9.17, 15) is 9.59 Å². The third-order valence-corrected chi connectivity index (χ3v) is 2.71. The maximum Gasteiger partial charge on any atom is 0.347 e. The highest BCUT2D eigenvalue weighted by atomic mass is 16.6. The number of rotatable bonds is 10. The van der Waals surface area contributed by atoms with Crippen molar-refractivity contribution in [2.45, 2.75) is 71.5 Å². The first-order chi connectivity index (χ1) is 8.99. The Hall–Kier alpha value is -1.10. The lowest BCUT2D eigenvalue weighted by atomic mass is 10.1. The SMILES string of the molecule is CCCCCCCCOC(=O)C(C)OC(=O)C(C)O. The fraction of sp³-hybridized carbons (Fsp3) is 0.857. The van der Waals surface area contributed by atoms with Crippen molar-refractivity contribution in [2.24, 2.45) is 0 Å². The van der Waals surface area contributed by atoms with Crippen LogP contribution in [0.5, 0.6) is 0 Å². The van der Waals surface area contributed by atoms with Crippen LogP contribution in [0, 0.1) is 0 Å². The molecule has 0 spiro atoms. The van der Waals surface area contributed by atoms with Crippen LogP contribution in [-0.4, -0.2) is 35.9 Å². The third kappa shape index (κ3) is 9.47. The highest BCUT2D eigenvalue weighted by molar-refractivity contribution is 5.80. The number of ether oxygens (including phenoxy) is 2. The van der Waals surface area contributed by atoms with Gasteiger partial charge in [0.05, 0.1) is 6.61 Å². The van der Waals surface area contributed by atoms with E-state index in [1.807, 2.05) is 0 Å². The smallest absolute Gasteiger partial charge is 0.347 e. The number of hydrogen-bond donors (Lipinski definition) is 1. The molecule has 0 aromatic carbocycles. The van der Waals surface area contributed by atoms with Crippen LogP contribution in [-0.2, 0) is 19.1 Å². The average Bonchev–Trinajstić information content (AvgIpc) is 2.37. The molecule has 0 amide bonds. The molecule has 0 saturated heterocycles. The van der Waals surface area contributed by atoms with Crippen LogP contribution in [0.3, 0.4) is 0 Å². The molecule has 0 rings (SSSR count). The summed E-state index contributed by atoms with van der Waals surface area (Å²) in [7, 11) is 0. The Morgan fingerprint density at radius 1 is 1.00 bits per heavy atom. The van der Waals surface area contributed by atoms with Crippen LogP contribution in [0.4, 0.5) is 0 Å². The van der Waals surface area contributed by atoms with E-state index in [0.717, 1.165) is 19.3 Å². The van der Waals surface area contributed by atoms with Gasteiger partial charge in [0.2, 0.25) is 0 Å². The van der Waals surface area contributed by atoms with Gasteiger partial charge in [-0.05, 0) is 20.3 Å². The summed E-state index contributed by atoms with van der Waals surface area (Å²) in [6.07, 6.45) is 4.48. The van der Waals surface area contributed by atoms with E-state index in [2.05, 4.69) is 6.92 Å². The first kappa shape index (κ1) is 17.9. The van der Waals surface area contributed by atoms with Crippen molar-refractivity contribution in [1.82, 2.24) is 0 Å². The van der Waals surface area contributed by atoms with Gasteiger partial charge in [0.25, 0.3) is 0 Å². The second kappa shape index (κ2) is 10.8. The molecule has 0 fully saturated rings. The molecule has 0 aliphatic heterocycles. The minimum Gasteiger partial charge on any atom is -0.463 e. The second-order valence-electron chi connectivity index (χ2n) is 4.69. The van der Waals surface area contributed by atoms with Gasteiger partial charge in [-0.3, -0.25) is 0 Å². The molecule has 5 heteroatoms. The molecule has 0 bridgehead atoms. The molecule has 19 heavy (non-hydrogen) atoms. The van der Waals surface area contributed by atoms with E-state index in [-0.39, 0.29) is 0 Å². The highest BCUT2D eigenvalue weighted by Crippen LogP contribution is 2.05. The van der Waals surface area contributed by atoms with Crippen LogP contribution >= 0.6 is 0 Å². The molecular weight excluding hydrogens is 248 g/mol. The quantitative estimate of drug-likeness (QED) is 0.488. The van der Waals surface area contributed by atoms with Gasteiger partial charge in [-0.2, -0.15) is 0 Å². The highest BCUT2D eigenvalue weighted by Gasteiger charge is 2.21. The maximum atomic E-state index is 11.5. The monoisotopic (exact) mass is 274 g/mol. The van der Waals surface area contributed by atoms with Gasteiger partial charge in [-0.15, -0.1) is 0 Å². The number of carbonyl (C=O) groups is 2. The fourth-order valence-electron chi connectivity index (χ4n) is 1.49. The minimum atomic E-state index is -1.23. The number of unbranched alkanes of at least 4 members (excludes halogenated alkanes) is 5. The summed E-state index contributed by atoms with van der Waals surface area (Å²) < 4.78 is 9.71. The Kier molecular flexibility index (Phi) is 10.2. The van der Waals surface area contributed by atoms with Crippen molar-refractivity contribution >= 4 is 11.9 Å². The van der Waals surface area contributed by atoms with Gasteiger partial charge in [0, 0.05) is 0 Å². The Balaban J connectivity index is 3.60. The van der Waals surface area contributed by atoms with E-state index in [1.165, 1.54) is 33.1 Å². The van der Waals surface area contributed by atoms with Crippen molar-refractivity contribution in [3.63, 3.8) is 0 Å². The van der Waals surface area contributed by atoms with Crippen LogP contribution in [0.25, 0.3) is 0 Å². The maximum absolute atomic E-state index is 11.5. The van der Waals surface area contributed by atoms with Gasteiger partial charge < -0.3 is 14.6 Å². The molecule has 0 aliphatic rings. The fourth-order valence-corrected chi connectivity index (χ4v) is 1.49. The molecule has 0 aliphatic carbocycles. The third-order valence-electron chi connectivity index (χ3n) is 2.71. The van der Waals surface area contributed by atoms with Crippen molar-refractivity contribution in [2.75, 3.05) is 6.61 Å². The van der Waals surface area contributed by atoms with Gasteiger partial charge in [0.1, 0.15) is 6.10 Å². The zero-order valence-corrected chi connectivity index (χ0v) is 12.2. The Bertz CT molecular complexity index is 263. The Labute approximate surface area is 115 Å². The predicted molar refractivity (Wildman–Crippen MR) is 71.6 cm³/mol. The van der Waals surface area contributed by atoms with Gasteiger partial charge in [-0.25, -0.2) is 9.59 Å². The second-order valence-corrected chi connectivity index (χ2v) is 4.69. The topological polar surface area (TPSA) is 72.8 Å². The van der Waals surface area contributed by atoms with Crippen molar-refractivity contribution in [3.8, 4) is 0 Å². The lowest BCUT2D eigenvalue weighted by molar-refractivity contribution is -0.171. The molecule has 5 nitrogen and oxygen atoms in total. The zero-order chi connectivity index (χ0) is 14.7. The number of aliphatic hydroxyl groups excluding tert-OH is 1. The number of hydrogen-bond acceptors (Lipinski definition) is 5. The molecule has 2 unspecified atom stereocenters. The van der Waals surface area contributed by atoms with Gasteiger partial charge in [0.15, 0.2) is 6.10 Å². The summed E-state index contributed by atoms with van der Waals surface area (Å²) in [5.74, 6) is -1.38. The summed E-state index contributed by atoms with van der Waals surface area (Å²) in [6, 6.07) is 0. The lowest BCUT2D eigenvalue weighted by Crippen LogP contribution is -2.30. The number of esters is 2. The normalized spacial score (nSPS) is 13.7. The molecule has 0 saturated carbocycles. The van der Waals surface area contributed by atoms with Crippen molar-refractivity contribution < 1.29 is 24.2 Å². The van der Waals surface area contributed by atoms with Gasteiger partial charge >= 0.3 is 11.9 Å². The molecule has 0 aromatic heterocycles. The number of carbonyl (C=O) groups excluding carboxylic acids is 2. The first-order valence-corrected chi connectivity index (χ1v) is 7.04. The van der Waals surface area contributed by atoms with Crippen LogP contribution in [0.1, 0.15) is 59.3 Å². The van der Waals surface area contributed by atoms with Crippen molar-refractivity contribution in [3.05, 3.63) is 0 Å². The zero-order valence-electron chi connectivity index (χ0n) is 12.2. The van der Waals surface area contributed by atoms with E-state index in [1.54, 1.807) is 0 Å². The standard InChI is InChI=1S/C14H26O5/c1-4-5-6-7-8-9-10-18-14(17)12(3)19-13(16)11(2)15/h11-12,15H,4-10H2,1-3H3.